The van der Waals surface area contributed by atoms with E-state index < -0.39 is 29.3 Å². The van der Waals surface area contributed by atoms with Crippen LogP contribution >= 0.6 is 0 Å². The Labute approximate surface area is 255 Å². The average molecular weight is 599 g/mol. The molecule has 8 heteroatoms. The van der Waals surface area contributed by atoms with Gasteiger partial charge in [-0.3, -0.25) is 0 Å². The van der Waals surface area contributed by atoms with E-state index >= 15 is 0 Å². The number of benzene rings is 2. The summed E-state index contributed by atoms with van der Waals surface area (Å²) < 4.78 is 0. The van der Waals surface area contributed by atoms with Crippen molar-refractivity contribution in [2.24, 2.45) is 46.3 Å². The van der Waals surface area contributed by atoms with Crippen molar-refractivity contribution in [3.05, 3.63) is 69.8 Å². The normalized spacial score (nSPS) is 37.2. The SMILES string of the molecule is O=C(O)c1ccc(C2(c3ccc(C(=O)O)c(C(=O)O)c3)C3CC4CC(C3)CC2(C23CC5CC(CC(C5)C2)C3)C4)cc1C(=O)O. The van der Waals surface area contributed by atoms with Crippen molar-refractivity contribution in [2.45, 2.75) is 76.0 Å². The summed E-state index contributed by atoms with van der Waals surface area (Å²) >= 11 is 0. The third-order valence-corrected chi connectivity index (χ3v) is 13.5. The summed E-state index contributed by atoms with van der Waals surface area (Å²) in [5.74, 6) is -2.02. The topological polar surface area (TPSA) is 149 Å². The number of rotatable bonds is 7. The average Bonchev–Trinajstić information content (AvgIpc) is 2.95. The first-order valence-electron chi connectivity index (χ1n) is 16.2. The molecule has 8 saturated carbocycles. The number of hydrogen-bond donors (Lipinski definition) is 4. The zero-order chi connectivity index (χ0) is 30.8. The zero-order valence-electron chi connectivity index (χ0n) is 24.6. The van der Waals surface area contributed by atoms with Gasteiger partial charge in [-0.2, -0.15) is 0 Å². The minimum Gasteiger partial charge on any atom is -0.478 e. The van der Waals surface area contributed by atoms with Crippen molar-refractivity contribution in [1.29, 1.82) is 0 Å². The lowest BCUT2D eigenvalue weighted by atomic mass is 9.27. The van der Waals surface area contributed by atoms with Gasteiger partial charge in [0.05, 0.1) is 22.3 Å². The number of aromatic carboxylic acids is 4. The minimum atomic E-state index is -1.31. The zero-order valence-corrected chi connectivity index (χ0v) is 24.6. The van der Waals surface area contributed by atoms with Crippen LogP contribution in [0.2, 0.25) is 0 Å². The molecule has 2 aromatic rings. The largest absolute Gasteiger partial charge is 0.478 e. The number of carboxylic acid groups (broad SMARTS) is 4. The van der Waals surface area contributed by atoms with Crippen molar-refractivity contribution < 1.29 is 39.6 Å². The molecule has 8 aliphatic carbocycles. The van der Waals surface area contributed by atoms with Gasteiger partial charge in [0, 0.05) is 5.41 Å². The van der Waals surface area contributed by atoms with Crippen LogP contribution in [0.4, 0.5) is 0 Å². The van der Waals surface area contributed by atoms with E-state index in [4.69, 9.17) is 0 Å². The molecule has 0 aliphatic heterocycles. The summed E-state index contributed by atoms with van der Waals surface area (Å²) in [6.45, 7) is 0. The first-order chi connectivity index (χ1) is 21.0. The van der Waals surface area contributed by atoms with E-state index in [1.54, 1.807) is 24.3 Å². The molecule has 4 N–H and O–H groups in total. The van der Waals surface area contributed by atoms with Gasteiger partial charge in [0.15, 0.2) is 0 Å². The maximum atomic E-state index is 12.6. The molecule has 8 aliphatic rings. The first-order valence-corrected chi connectivity index (χ1v) is 16.2. The summed E-state index contributed by atoms with van der Waals surface area (Å²) in [6.07, 6.45) is 12.2. The molecule has 2 unspecified atom stereocenters. The Kier molecular flexibility index (Phi) is 5.81. The molecule has 0 amide bonds. The van der Waals surface area contributed by atoms with Crippen LogP contribution in [-0.4, -0.2) is 44.3 Å². The summed E-state index contributed by atoms with van der Waals surface area (Å²) in [5, 5.41) is 40.3. The van der Waals surface area contributed by atoms with Gasteiger partial charge in [-0.1, -0.05) is 12.1 Å². The second kappa shape index (κ2) is 9.18. The molecule has 0 spiro atoms. The highest BCUT2D eigenvalue weighted by Gasteiger charge is 2.74. The predicted octanol–water partition coefficient (Wildman–Crippen LogP) is 6.81. The van der Waals surface area contributed by atoms with Crippen molar-refractivity contribution >= 4 is 23.9 Å². The van der Waals surface area contributed by atoms with E-state index in [1.165, 1.54) is 37.8 Å². The predicted molar refractivity (Wildman–Crippen MR) is 158 cm³/mol. The first kappa shape index (κ1) is 27.8. The van der Waals surface area contributed by atoms with Crippen LogP contribution < -0.4 is 0 Å². The van der Waals surface area contributed by atoms with Crippen molar-refractivity contribution in [2.75, 3.05) is 0 Å². The Morgan fingerprint density at radius 3 is 1.23 bits per heavy atom. The summed E-state index contributed by atoms with van der Waals surface area (Å²) in [5.41, 5.74) is -0.582. The molecule has 0 saturated heterocycles. The van der Waals surface area contributed by atoms with Gasteiger partial charge in [-0.25, -0.2) is 19.2 Å². The highest BCUT2D eigenvalue weighted by atomic mass is 16.4. The Morgan fingerprint density at radius 2 is 0.864 bits per heavy atom. The summed E-state index contributed by atoms with van der Waals surface area (Å²) in [6, 6.07) is 9.58. The van der Waals surface area contributed by atoms with Crippen LogP contribution in [0.15, 0.2) is 36.4 Å². The van der Waals surface area contributed by atoms with E-state index in [0.29, 0.717) is 29.6 Å². The molecule has 44 heavy (non-hydrogen) atoms. The second-order valence-electron chi connectivity index (χ2n) is 15.4. The number of hydrogen-bond acceptors (Lipinski definition) is 4. The monoisotopic (exact) mass is 598 g/mol. The van der Waals surface area contributed by atoms with Gasteiger partial charge in [-0.05, 0) is 152 Å². The molecular formula is C36H38O8. The summed E-state index contributed by atoms with van der Waals surface area (Å²) in [4.78, 5) is 49.4. The third-order valence-electron chi connectivity index (χ3n) is 13.5. The Hall–Kier alpha value is -3.68. The van der Waals surface area contributed by atoms with E-state index in [-0.39, 0.29) is 39.0 Å². The molecule has 2 atom stereocenters. The fourth-order valence-corrected chi connectivity index (χ4v) is 13.1. The quantitative estimate of drug-likeness (QED) is 0.272. The van der Waals surface area contributed by atoms with Crippen molar-refractivity contribution in [3.63, 3.8) is 0 Å². The van der Waals surface area contributed by atoms with Gasteiger partial charge in [0.25, 0.3) is 0 Å². The van der Waals surface area contributed by atoms with E-state index in [9.17, 15) is 39.6 Å². The number of carbonyl (C=O) groups is 4. The lowest BCUT2D eigenvalue weighted by Crippen LogP contribution is -2.71. The van der Waals surface area contributed by atoms with Crippen LogP contribution in [0.5, 0.6) is 0 Å². The number of carboxylic acids is 4. The van der Waals surface area contributed by atoms with Gasteiger partial charge >= 0.3 is 23.9 Å². The van der Waals surface area contributed by atoms with Crippen molar-refractivity contribution in [3.8, 4) is 0 Å². The van der Waals surface area contributed by atoms with Crippen LogP contribution in [0.1, 0.15) is 123 Å². The standard InChI is InChI=1S/C36H38O8/c37-30(38)26-3-1-23(11-28(26)32(41)42)36(24-2-4-27(31(39)40)29(12-24)33(43)44)25-9-21-8-22(10-25)17-35(36,16-21)34-13-18-5-19(14-34)7-20(6-18)15-34/h1-4,11-12,18-22,25H,5-10,13-17H2,(H,37,38)(H,39,40)(H,41,42)(H,43,44). The molecule has 8 fully saturated rings. The smallest absolute Gasteiger partial charge is 0.336 e. The van der Waals surface area contributed by atoms with E-state index in [2.05, 4.69) is 0 Å². The highest BCUT2D eigenvalue weighted by molar-refractivity contribution is 6.03. The van der Waals surface area contributed by atoms with Crippen LogP contribution in [0.3, 0.4) is 0 Å². The van der Waals surface area contributed by atoms with Crippen LogP contribution in [0.25, 0.3) is 0 Å². The maximum absolute atomic E-state index is 12.6. The Bertz CT molecular complexity index is 1510. The molecule has 2 aromatic carbocycles. The molecule has 8 bridgehead atoms. The van der Waals surface area contributed by atoms with Crippen LogP contribution in [0, 0.1) is 46.3 Å². The highest BCUT2D eigenvalue weighted by Crippen LogP contribution is 2.81. The Morgan fingerprint density at radius 1 is 0.500 bits per heavy atom. The van der Waals surface area contributed by atoms with Gasteiger partial charge in [-0.15, -0.1) is 0 Å². The van der Waals surface area contributed by atoms with E-state index in [0.717, 1.165) is 56.1 Å². The fraction of sp³-hybridized carbons (Fsp3) is 0.556. The molecule has 230 valence electrons. The molecule has 8 nitrogen and oxygen atoms in total. The molecular weight excluding hydrogens is 560 g/mol. The molecule has 0 aromatic heterocycles. The minimum absolute atomic E-state index is 0.0153. The Balaban J connectivity index is 1.46. The van der Waals surface area contributed by atoms with Gasteiger partial charge in [0.2, 0.25) is 0 Å². The van der Waals surface area contributed by atoms with Crippen LogP contribution in [-0.2, 0) is 5.41 Å². The summed E-state index contributed by atoms with van der Waals surface area (Å²) in [7, 11) is 0. The molecule has 10 rings (SSSR count). The van der Waals surface area contributed by atoms with E-state index in [1.807, 2.05) is 0 Å². The molecule has 0 radical (unpaired) electrons. The second-order valence-corrected chi connectivity index (χ2v) is 15.4. The lowest BCUT2D eigenvalue weighted by Gasteiger charge is -2.77. The maximum Gasteiger partial charge on any atom is 0.336 e. The molecule has 0 heterocycles. The van der Waals surface area contributed by atoms with Gasteiger partial charge < -0.3 is 20.4 Å². The fourth-order valence-electron chi connectivity index (χ4n) is 13.1. The van der Waals surface area contributed by atoms with Gasteiger partial charge in [0.1, 0.15) is 0 Å². The third kappa shape index (κ3) is 3.51. The lowest BCUT2D eigenvalue weighted by molar-refractivity contribution is -0.234. The van der Waals surface area contributed by atoms with Crippen molar-refractivity contribution in [1.82, 2.24) is 0 Å².